The van der Waals surface area contributed by atoms with Gasteiger partial charge in [-0.25, -0.2) is 0 Å². The van der Waals surface area contributed by atoms with Gasteiger partial charge in [-0.3, -0.25) is 4.55 Å². The molecule has 1 unspecified atom stereocenters. The lowest BCUT2D eigenvalue weighted by Crippen LogP contribution is -2.06. The van der Waals surface area contributed by atoms with Gasteiger partial charge in [0.15, 0.2) is 0 Å². The van der Waals surface area contributed by atoms with Gasteiger partial charge < -0.3 is 0 Å². The zero-order valence-corrected chi connectivity index (χ0v) is 16.9. The fourth-order valence-corrected chi connectivity index (χ4v) is 3.86. The number of benzene rings is 1. The molecular weight excluding hydrogens is 332 g/mol. The first kappa shape index (κ1) is 22.2. The monoisotopic (exact) mass is 368 g/mol. The van der Waals surface area contributed by atoms with Gasteiger partial charge in [0.2, 0.25) is 0 Å². The number of hydrogen-bond donors (Lipinski definition) is 1. The third-order valence-corrected chi connectivity index (χ3v) is 5.80. The summed E-state index contributed by atoms with van der Waals surface area (Å²) in [6, 6.07) is 6.72. The molecule has 25 heavy (non-hydrogen) atoms. The predicted molar refractivity (Wildman–Crippen MR) is 106 cm³/mol. The first-order valence-electron chi connectivity index (χ1n) is 10.0. The molecule has 1 aromatic carbocycles. The largest absolute Gasteiger partial charge is 0.294 e. The molecule has 144 valence electrons. The maximum absolute atomic E-state index is 11.2. The van der Waals surface area contributed by atoms with Crippen molar-refractivity contribution in [1.29, 1.82) is 0 Å². The second kappa shape index (κ2) is 12.5. The molecule has 0 fully saturated rings. The second-order valence-electron chi connectivity index (χ2n) is 7.24. The Balaban J connectivity index is 2.54. The highest BCUT2D eigenvalue weighted by Crippen LogP contribution is 2.23. The standard InChI is InChI=1S/C21H36O3S/c1-3-5-7-9-11-13-19(12-10-8-6-4-2)18-20-14-16-21(17-15-20)25(22,23)24/h14-17,19H,3-13,18H2,1-2H3,(H,22,23,24). The summed E-state index contributed by atoms with van der Waals surface area (Å²) in [5, 5.41) is 0. The molecule has 0 saturated carbocycles. The van der Waals surface area contributed by atoms with Crippen LogP contribution in [0.4, 0.5) is 0 Å². The molecule has 3 nitrogen and oxygen atoms in total. The van der Waals surface area contributed by atoms with E-state index in [0.29, 0.717) is 5.92 Å². The quantitative estimate of drug-likeness (QED) is 0.304. The lowest BCUT2D eigenvalue weighted by atomic mass is 9.89. The molecule has 1 rings (SSSR count). The van der Waals surface area contributed by atoms with E-state index in [4.69, 9.17) is 4.55 Å². The summed E-state index contributed by atoms with van der Waals surface area (Å²) in [6.45, 7) is 4.48. The number of hydrogen-bond acceptors (Lipinski definition) is 2. The van der Waals surface area contributed by atoms with Gasteiger partial charge >= 0.3 is 0 Å². The summed E-state index contributed by atoms with van der Waals surface area (Å²) in [6.07, 6.45) is 15.3. The number of unbranched alkanes of at least 4 members (excludes halogenated alkanes) is 7. The summed E-state index contributed by atoms with van der Waals surface area (Å²) in [5.41, 5.74) is 1.17. The molecule has 0 aromatic heterocycles. The minimum absolute atomic E-state index is 0.0182. The molecule has 0 bridgehead atoms. The molecule has 0 spiro atoms. The first-order valence-corrected chi connectivity index (χ1v) is 11.5. The van der Waals surface area contributed by atoms with Crippen molar-refractivity contribution < 1.29 is 13.0 Å². The van der Waals surface area contributed by atoms with E-state index in [2.05, 4.69) is 13.8 Å². The van der Waals surface area contributed by atoms with Crippen molar-refractivity contribution in [2.45, 2.75) is 95.8 Å². The topological polar surface area (TPSA) is 54.4 Å². The Bertz CT molecular complexity index is 549. The van der Waals surface area contributed by atoms with Crippen LogP contribution in [0.5, 0.6) is 0 Å². The van der Waals surface area contributed by atoms with Crippen molar-refractivity contribution in [1.82, 2.24) is 0 Å². The van der Waals surface area contributed by atoms with Gasteiger partial charge in [0, 0.05) is 0 Å². The zero-order chi connectivity index (χ0) is 18.5. The predicted octanol–water partition coefficient (Wildman–Crippen LogP) is 6.42. The Hall–Kier alpha value is -0.870. The molecule has 1 N–H and O–H groups in total. The van der Waals surface area contributed by atoms with Crippen LogP contribution in [0.2, 0.25) is 0 Å². The molecule has 1 atom stereocenters. The van der Waals surface area contributed by atoms with E-state index in [1.165, 1.54) is 88.3 Å². The van der Waals surface area contributed by atoms with E-state index in [0.717, 1.165) is 6.42 Å². The minimum Gasteiger partial charge on any atom is -0.282 e. The summed E-state index contributed by atoms with van der Waals surface area (Å²) in [7, 11) is -4.09. The van der Waals surface area contributed by atoms with Crippen LogP contribution in [0.15, 0.2) is 29.2 Å². The SMILES string of the molecule is CCCCCCCC(CCCCCC)Cc1ccc(S(=O)(=O)O)cc1. The van der Waals surface area contributed by atoms with E-state index in [9.17, 15) is 8.42 Å². The highest BCUT2D eigenvalue weighted by Gasteiger charge is 2.12. The maximum atomic E-state index is 11.2. The van der Waals surface area contributed by atoms with Gasteiger partial charge in [0.25, 0.3) is 10.1 Å². The molecule has 0 saturated heterocycles. The maximum Gasteiger partial charge on any atom is 0.294 e. The molecular formula is C21H36O3S. The Labute approximate surface area is 155 Å². The molecule has 0 aliphatic carbocycles. The van der Waals surface area contributed by atoms with Gasteiger partial charge in [-0.05, 0) is 30.0 Å². The van der Waals surface area contributed by atoms with E-state index >= 15 is 0 Å². The Morgan fingerprint density at radius 2 is 1.28 bits per heavy atom. The van der Waals surface area contributed by atoms with Gasteiger partial charge in [0.05, 0.1) is 4.90 Å². The Kier molecular flexibility index (Phi) is 11.1. The van der Waals surface area contributed by atoms with Crippen molar-refractivity contribution in [3.63, 3.8) is 0 Å². The van der Waals surface area contributed by atoms with E-state index in [1.807, 2.05) is 12.1 Å². The highest BCUT2D eigenvalue weighted by atomic mass is 32.2. The summed E-state index contributed by atoms with van der Waals surface area (Å²) < 4.78 is 31.4. The lowest BCUT2D eigenvalue weighted by Gasteiger charge is -2.17. The third kappa shape index (κ3) is 10.0. The van der Waals surface area contributed by atoms with Gasteiger partial charge in [-0.15, -0.1) is 0 Å². The van der Waals surface area contributed by atoms with E-state index in [-0.39, 0.29) is 4.90 Å². The highest BCUT2D eigenvalue weighted by molar-refractivity contribution is 7.85. The molecule has 1 aromatic rings. The smallest absolute Gasteiger partial charge is 0.282 e. The van der Waals surface area contributed by atoms with Crippen LogP contribution >= 0.6 is 0 Å². The van der Waals surface area contributed by atoms with Gasteiger partial charge in [0.1, 0.15) is 0 Å². The molecule has 0 heterocycles. The van der Waals surface area contributed by atoms with Crippen LogP contribution in [0.25, 0.3) is 0 Å². The van der Waals surface area contributed by atoms with Crippen LogP contribution in [-0.4, -0.2) is 13.0 Å². The number of rotatable bonds is 14. The molecule has 0 radical (unpaired) electrons. The van der Waals surface area contributed by atoms with Crippen LogP contribution in [0, 0.1) is 5.92 Å². The summed E-state index contributed by atoms with van der Waals surface area (Å²) >= 11 is 0. The average molecular weight is 369 g/mol. The minimum atomic E-state index is -4.09. The lowest BCUT2D eigenvalue weighted by molar-refractivity contribution is 0.403. The van der Waals surface area contributed by atoms with Crippen LogP contribution < -0.4 is 0 Å². The Morgan fingerprint density at radius 1 is 0.800 bits per heavy atom. The van der Waals surface area contributed by atoms with Crippen molar-refractivity contribution in [2.75, 3.05) is 0 Å². The zero-order valence-electron chi connectivity index (χ0n) is 16.0. The van der Waals surface area contributed by atoms with Crippen molar-refractivity contribution in [3.8, 4) is 0 Å². The van der Waals surface area contributed by atoms with Crippen molar-refractivity contribution in [2.24, 2.45) is 5.92 Å². The molecule has 4 heteroatoms. The van der Waals surface area contributed by atoms with Crippen LogP contribution in [0.1, 0.15) is 90.0 Å². The van der Waals surface area contributed by atoms with Gasteiger partial charge in [-0.2, -0.15) is 8.42 Å². The normalized spacial score (nSPS) is 13.1. The summed E-state index contributed by atoms with van der Waals surface area (Å²) in [5.74, 6) is 0.676. The van der Waals surface area contributed by atoms with E-state index in [1.54, 1.807) is 0 Å². The van der Waals surface area contributed by atoms with Crippen molar-refractivity contribution >= 4 is 10.1 Å². The molecule has 0 amide bonds. The fraction of sp³-hybridized carbons (Fsp3) is 0.714. The Morgan fingerprint density at radius 3 is 1.76 bits per heavy atom. The van der Waals surface area contributed by atoms with E-state index < -0.39 is 10.1 Å². The summed E-state index contributed by atoms with van der Waals surface area (Å²) in [4.78, 5) is -0.0182. The average Bonchev–Trinajstić information content (AvgIpc) is 2.58. The molecule has 0 aliphatic heterocycles. The first-order chi connectivity index (χ1) is 12.0. The third-order valence-electron chi connectivity index (χ3n) is 4.93. The van der Waals surface area contributed by atoms with Crippen LogP contribution in [0.3, 0.4) is 0 Å². The second-order valence-corrected chi connectivity index (χ2v) is 8.66. The van der Waals surface area contributed by atoms with Gasteiger partial charge in [-0.1, -0.05) is 96.6 Å². The molecule has 0 aliphatic rings. The fourth-order valence-electron chi connectivity index (χ4n) is 3.38. The van der Waals surface area contributed by atoms with Crippen LogP contribution in [-0.2, 0) is 16.5 Å². The van der Waals surface area contributed by atoms with Crippen molar-refractivity contribution in [3.05, 3.63) is 29.8 Å².